The Labute approximate surface area is 172 Å². The lowest BCUT2D eigenvalue weighted by Crippen LogP contribution is -2.17. The molecule has 0 radical (unpaired) electrons. The molecule has 3 aromatic rings. The highest BCUT2D eigenvalue weighted by Crippen LogP contribution is 2.36. The van der Waals surface area contributed by atoms with Crippen LogP contribution in [0.2, 0.25) is 0 Å². The fraction of sp³-hybridized carbons (Fsp3) is 0.182. The number of hydrogen-bond donors (Lipinski definition) is 2. The lowest BCUT2D eigenvalue weighted by molar-refractivity contribution is -0.118. The smallest absolute Gasteiger partial charge is 0.259 e. The number of carbonyl (C=O) groups is 2. The van der Waals surface area contributed by atoms with Gasteiger partial charge in [0.1, 0.15) is 5.75 Å². The maximum atomic E-state index is 12.9. The molecule has 0 aliphatic carbocycles. The van der Waals surface area contributed by atoms with Crippen molar-refractivity contribution in [3.8, 4) is 5.75 Å². The third-order valence-electron chi connectivity index (χ3n) is 4.32. The van der Waals surface area contributed by atoms with Crippen molar-refractivity contribution in [2.24, 2.45) is 5.92 Å². The monoisotopic (exact) mass is 440 g/mol. The summed E-state index contributed by atoms with van der Waals surface area (Å²) < 4.78 is 6.21. The third kappa shape index (κ3) is 4.17. The molecule has 2 amide bonds. The number of carbonyl (C=O) groups excluding carboxylic acids is 2. The van der Waals surface area contributed by atoms with E-state index in [1.165, 1.54) is 7.11 Å². The molecule has 2 N–H and O–H groups in total. The quantitative estimate of drug-likeness (QED) is 0.553. The molecule has 0 spiro atoms. The van der Waals surface area contributed by atoms with Crippen LogP contribution in [0, 0.1) is 5.92 Å². The topological polar surface area (TPSA) is 67.4 Å². The van der Waals surface area contributed by atoms with Crippen LogP contribution in [-0.2, 0) is 4.79 Å². The van der Waals surface area contributed by atoms with Gasteiger partial charge in [0, 0.05) is 17.3 Å². The molecule has 0 fully saturated rings. The number of nitrogens with one attached hydrogen (secondary N) is 2. The Morgan fingerprint density at radius 1 is 0.964 bits per heavy atom. The summed E-state index contributed by atoms with van der Waals surface area (Å²) in [6.07, 6.45) is 0. The van der Waals surface area contributed by atoms with E-state index in [0.29, 0.717) is 22.7 Å². The van der Waals surface area contributed by atoms with Gasteiger partial charge in [0.05, 0.1) is 17.1 Å². The van der Waals surface area contributed by atoms with Gasteiger partial charge >= 0.3 is 0 Å². The Kier molecular flexibility index (Phi) is 5.99. The van der Waals surface area contributed by atoms with E-state index in [1.807, 2.05) is 44.2 Å². The molecule has 6 heteroatoms. The van der Waals surface area contributed by atoms with E-state index < -0.39 is 0 Å². The molecule has 3 rings (SSSR count). The summed E-state index contributed by atoms with van der Waals surface area (Å²) in [5.74, 6) is 0.0556. The van der Waals surface area contributed by atoms with E-state index in [9.17, 15) is 9.59 Å². The average Bonchev–Trinajstić information content (AvgIpc) is 2.69. The first-order chi connectivity index (χ1) is 13.4. The molecule has 0 atom stereocenters. The maximum Gasteiger partial charge on any atom is 0.259 e. The van der Waals surface area contributed by atoms with Crippen LogP contribution in [0.15, 0.2) is 59.1 Å². The molecule has 144 valence electrons. The largest absolute Gasteiger partial charge is 0.495 e. The van der Waals surface area contributed by atoms with Crippen molar-refractivity contribution in [3.63, 3.8) is 0 Å². The van der Waals surface area contributed by atoms with E-state index in [2.05, 4.69) is 26.6 Å². The first-order valence-electron chi connectivity index (χ1n) is 8.88. The second-order valence-corrected chi connectivity index (χ2v) is 7.46. The number of hydrogen-bond acceptors (Lipinski definition) is 3. The molecule has 0 heterocycles. The number of methoxy groups -OCH3 is 1. The van der Waals surface area contributed by atoms with Crippen LogP contribution in [0.3, 0.4) is 0 Å². The number of fused-ring (bicyclic) bond motifs is 1. The Balaban J connectivity index is 1.84. The van der Waals surface area contributed by atoms with Gasteiger partial charge in [0.15, 0.2) is 0 Å². The molecule has 0 bridgehead atoms. The lowest BCUT2D eigenvalue weighted by atomic mass is 10.1. The Bertz CT molecular complexity index is 1030. The molecule has 28 heavy (non-hydrogen) atoms. The number of halogens is 1. The second-order valence-electron chi connectivity index (χ2n) is 6.67. The minimum atomic E-state index is -0.276. The summed E-state index contributed by atoms with van der Waals surface area (Å²) in [7, 11) is 1.54. The van der Waals surface area contributed by atoms with Crippen molar-refractivity contribution in [2.45, 2.75) is 13.8 Å². The van der Waals surface area contributed by atoms with Crippen molar-refractivity contribution in [1.29, 1.82) is 0 Å². The summed E-state index contributed by atoms with van der Waals surface area (Å²) in [4.78, 5) is 24.6. The van der Waals surface area contributed by atoms with Crippen molar-refractivity contribution in [1.82, 2.24) is 0 Å². The molecule has 0 saturated carbocycles. The van der Waals surface area contributed by atoms with Crippen molar-refractivity contribution in [2.75, 3.05) is 17.7 Å². The Morgan fingerprint density at radius 2 is 1.57 bits per heavy atom. The Morgan fingerprint density at radius 3 is 2.18 bits per heavy atom. The van der Waals surface area contributed by atoms with Crippen LogP contribution < -0.4 is 15.4 Å². The fourth-order valence-electron chi connectivity index (χ4n) is 2.77. The SMILES string of the molecule is COc1c(C(=O)Nc2ccc(NC(=O)C(C)C)cc2)cc2ccccc2c1Br. The molecular formula is C22H21BrN2O3. The van der Waals surface area contributed by atoms with Gasteiger partial charge in [0.25, 0.3) is 5.91 Å². The van der Waals surface area contributed by atoms with Gasteiger partial charge < -0.3 is 15.4 Å². The summed E-state index contributed by atoms with van der Waals surface area (Å²) in [6, 6.07) is 16.6. The molecule has 3 aromatic carbocycles. The maximum absolute atomic E-state index is 12.9. The number of benzene rings is 3. The predicted molar refractivity (Wildman–Crippen MR) is 116 cm³/mol. The van der Waals surface area contributed by atoms with E-state index >= 15 is 0 Å². The van der Waals surface area contributed by atoms with Crippen molar-refractivity contribution in [3.05, 3.63) is 64.6 Å². The summed E-state index contributed by atoms with van der Waals surface area (Å²) in [6.45, 7) is 3.66. The Hall–Kier alpha value is -2.86. The van der Waals surface area contributed by atoms with Gasteiger partial charge in [-0.3, -0.25) is 9.59 Å². The lowest BCUT2D eigenvalue weighted by Gasteiger charge is -2.14. The third-order valence-corrected chi connectivity index (χ3v) is 5.11. The molecule has 0 unspecified atom stereocenters. The van der Waals surface area contributed by atoms with Gasteiger partial charge in [-0.05, 0) is 57.0 Å². The van der Waals surface area contributed by atoms with Crippen LogP contribution in [0.1, 0.15) is 24.2 Å². The number of amides is 2. The molecular weight excluding hydrogens is 420 g/mol. The molecule has 0 aromatic heterocycles. The molecule has 0 aliphatic heterocycles. The highest BCUT2D eigenvalue weighted by Gasteiger charge is 2.18. The van der Waals surface area contributed by atoms with Gasteiger partial charge in [-0.1, -0.05) is 38.1 Å². The zero-order valence-electron chi connectivity index (χ0n) is 15.9. The average molecular weight is 441 g/mol. The van der Waals surface area contributed by atoms with Crippen LogP contribution in [0.25, 0.3) is 10.8 Å². The molecule has 0 aliphatic rings. The van der Waals surface area contributed by atoms with Gasteiger partial charge in [-0.25, -0.2) is 0 Å². The zero-order valence-corrected chi connectivity index (χ0v) is 17.5. The van der Waals surface area contributed by atoms with Crippen LogP contribution in [0.5, 0.6) is 5.75 Å². The predicted octanol–water partition coefficient (Wildman–Crippen LogP) is 5.46. The number of anilines is 2. The minimum Gasteiger partial charge on any atom is -0.495 e. The second kappa shape index (κ2) is 8.44. The highest BCUT2D eigenvalue weighted by molar-refractivity contribution is 9.10. The van der Waals surface area contributed by atoms with E-state index in [0.717, 1.165) is 15.2 Å². The highest BCUT2D eigenvalue weighted by atomic mass is 79.9. The van der Waals surface area contributed by atoms with Crippen LogP contribution in [-0.4, -0.2) is 18.9 Å². The number of ether oxygens (including phenoxy) is 1. The van der Waals surface area contributed by atoms with Gasteiger partial charge in [-0.15, -0.1) is 0 Å². The van der Waals surface area contributed by atoms with E-state index in [1.54, 1.807) is 24.3 Å². The van der Waals surface area contributed by atoms with Gasteiger partial charge in [-0.2, -0.15) is 0 Å². The normalized spacial score (nSPS) is 10.8. The molecule has 0 saturated heterocycles. The zero-order chi connectivity index (χ0) is 20.3. The standard InChI is InChI=1S/C22H21BrN2O3/c1-13(2)21(26)24-15-8-10-16(11-9-15)25-22(27)18-12-14-6-4-5-7-17(14)19(23)20(18)28-3/h4-13H,1-3H3,(H,24,26)(H,25,27). The first kappa shape index (κ1) is 19.9. The first-order valence-corrected chi connectivity index (χ1v) is 9.67. The van der Waals surface area contributed by atoms with Crippen LogP contribution >= 0.6 is 15.9 Å². The van der Waals surface area contributed by atoms with E-state index in [4.69, 9.17) is 4.74 Å². The van der Waals surface area contributed by atoms with E-state index in [-0.39, 0.29) is 17.7 Å². The minimum absolute atomic E-state index is 0.0532. The summed E-state index contributed by atoms with van der Waals surface area (Å²) in [5, 5.41) is 7.61. The van der Waals surface area contributed by atoms with Crippen LogP contribution in [0.4, 0.5) is 11.4 Å². The summed E-state index contributed by atoms with van der Waals surface area (Å²) >= 11 is 3.55. The summed E-state index contributed by atoms with van der Waals surface area (Å²) in [5.41, 5.74) is 1.74. The molecule has 5 nitrogen and oxygen atoms in total. The number of rotatable bonds is 5. The van der Waals surface area contributed by atoms with Gasteiger partial charge in [0.2, 0.25) is 5.91 Å². The fourth-order valence-corrected chi connectivity index (χ4v) is 3.51. The van der Waals surface area contributed by atoms with Crippen molar-refractivity contribution >= 4 is 49.9 Å². The van der Waals surface area contributed by atoms with Crippen molar-refractivity contribution < 1.29 is 14.3 Å².